The highest BCUT2D eigenvalue weighted by molar-refractivity contribution is 5.75. The van der Waals surface area contributed by atoms with E-state index in [0.717, 1.165) is 42.2 Å². The van der Waals surface area contributed by atoms with E-state index >= 15 is 0 Å². The number of nitrogens with zero attached hydrogens (tertiary/aromatic N) is 3. The molecule has 1 amide bonds. The van der Waals surface area contributed by atoms with Crippen LogP contribution in [0.25, 0.3) is 11.3 Å². The van der Waals surface area contributed by atoms with Crippen molar-refractivity contribution in [2.45, 2.75) is 32.9 Å². The van der Waals surface area contributed by atoms with Gasteiger partial charge in [-0.1, -0.05) is 6.92 Å². The van der Waals surface area contributed by atoms with Crippen molar-refractivity contribution in [2.24, 2.45) is 0 Å². The van der Waals surface area contributed by atoms with Crippen LogP contribution < -0.4 is 4.74 Å². The minimum atomic E-state index is 0.209. The predicted molar refractivity (Wildman–Crippen MR) is 84.5 cm³/mol. The fourth-order valence-corrected chi connectivity index (χ4v) is 2.80. The highest BCUT2D eigenvalue weighted by atomic mass is 16.5. The monoisotopic (exact) mass is 299 g/mol. The summed E-state index contributed by atoms with van der Waals surface area (Å²) in [5.41, 5.74) is 3.11. The second kappa shape index (κ2) is 6.22. The molecule has 1 aromatic carbocycles. The number of carbonyl (C=O) groups excluding carboxylic acids is 1. The van der Waals surface area contributed by atoms with Crippen LogP contribution in [-0.2, 0) is 17.9 Å². The summed E-state index contributed by atoms with van der Waals surface area (Å²) in [6, 6.07) is 9.98. The van der Waals surface area contributed by atoms with Crippen molar-refractivity contribution in [3.63, 3.8) is 0 Å². The molecule has 116 valence electrons. The normalized spacial score (nSPS) is 14.4. The number of ether oxygens (including phenoxy) is 1. The SMILES string of the molecule is CCC(=O)N1CCCn2nc(-c3ccc(OC)cc3)cc2C1. The summed E-state index contributed by atoms with van der Waals surface area (Å²) in [7, 11) is 1.66. The highest BCUT2D eigenvalue weighted by Gasteiger charge is 2.19. The molecule has 0 N–H and O–H groups in total. The van der Waals surface area contributed by atoms with E-state index in [1.165, 1.54) is 0 Å². The van der Waals surface area contributed by atoms with Crippen LogP contribution in [-0.4, -0.2) is 34.2 Å². The van der Waals surface area contributed by atoms with E-state index in [-0.39, 0.29) is 5.91 Å². The number of benzene rings is 1. The third-order valence-corrected chi connectivity index (χ3v) is 4.06. The third-order valence-electron chi connectivity index (χ3n) is 4.06. The average Bonchev–Trinajstić information content (AvgIpc) is 2.86. The first kappa shape index (κ1) is 14.6. The van der Waals surface area contributed by atoms with E-state index in [0.29, 0.717) is 13.0 Å². The lowest BCUT2D eigenvalue weighted by molar-refractivity contribution is -0.131. The first-order chi connectivity index (χ1) is 10.7. The van der Waals surface area contributed by atoms with Crippen LogP contribution in [0, 0.1) is 0 Å². The molecular formula is C17H21N3O2. The highest BCUT2D eigenvalue weighted by Crippen LogP contribution is 2.24. The molecule has 1 aliphatic rings. The zero-order valence-corrected chi connectivity index (χ0v) is 13.1. The smallest absolute Gasteiger partial charge is 0.222 e. The molecule has 0 aliphatic carbocycles. The summed E-state index contributed by atoms with van der Waals surface area (Å²) in [5, 5.41) is 4.69. The fraction of sp³-hybridized carbons (Fsp3) is 0.412. The molecule has 1 aromatic heterocycles. The molecule has 0 saturated carbocycles. The molecule has 3 rings (SSSR count). The van der Waals surface area contributed by atoms with Crippen molar-refractivity contribution in [3.05, 3.63) is 36.0 Å². The van der Waals surface area contributed by atoms with Crippen molar-refractivity contribution in [1.82, 2.24) is 14.7 Å². The summed E-state index contributed by atoms with van der Waals surface area (Å²) in [6.45, 7) is 4.23. The van der Waals surface area contributed by atoms with Crippen molar-refractivity contribution in [1.29, 1.82) is 0 Å². The summed E-state index contributed by atoms with van der Waals surface area (Å²) in [5.74, 6) is 1.05. The summed E-state index contributed by atoms with van der Waals surface area (Å²) in [4.78, 5) is 13.9. The van der Waals surface area contributed by atoms with Gasteiger partial charge in [-0.05, 0) is 36.8 Å². The Morgan fingerprint density at radius 3 is 2.73 bits per heavy atom. The first-order valence-corrected chi connectivity index (χ1v) is 7.70. The topological polar surface area (TPSA) is 47.4 Å². The Balaban J connectivity index is 1.86. The van der Waals surface area contributed by atoms with E-state index < -0.39 is 0 Å². The molecule has 22 heavy (non-hydrogen) atoms. The van der Waals surface area contributed by atoms with Crippen molar-refractivity contribution >= 4 is 5.91 Å². The lowest BCUT2D eigenvalue weighted by Crippen LogP contribution is -2.29. The van der Waals surface area contributed by atoms with Crippen LogP contribution >= 0.6 is 0 Å². The number of fused-ring (bicyclic) bond motifs is 1. The average molecular weight is 299 g/mol. The maximum Gasteiger partial charge on any atom is 0.222 e. The Kier molecular flexibility index (Phi) is 4.13. The second-order valence-corrected chi connectivity index (χ2v) is 5.49. The molecule has 0 fully saturated rings. The van der Waals surface area contributed by atoms with Crippen LogP contribution in [0.3, 0.4) is 0 Å². The van der Waals surface area contributed by atoms with Gasteiger partial charge in [0.2, 0.25) is 5.91 Å². The molecule has 0 saturated heterocycles. The number of aryl methyl sites for hydroxylation is 1. The lowest BCUT2D eigenvalue weighted by Gasteiger charge is -2.18. The number of methoxy groups -OCH3 is 1. The Labute approximate surface area is 130 Å². The number of hydrogen-bond donors (Lipinski definition) is 0. The van der Waals surface area contributed by atoms with Gasteiger partial charge >= 0.3 is 0 Å². The quantitative estimate of drug-likeness (QED) is 0.875. The Morgan fingerprint density at radius 2 is 2.05 bits per heavy atom. The van der Waals surface area contributed by atoms with Crippen molar-refractivity contribution in [3.8, 4) is 17.0 Å². The largest absolute Gasteiger partial charge is 0.497 e. The number of amides is 1. The predicted octanol–water partition coefficient (Wildman–Crippen LogP) is 2.70. The third kappa shape index (κ3) is 2.84. The zero-order valence-electron chi connectivity index (χ0n) is 13.1. The minimum absolute atomic E-state index is 0.209. The van der Waals surface area contributed by atoms with Crippen molar-refractivity contribution in [2.75, 3.05) is 13.7 Å². The standard InChI is InChI=1S/C17H21N3O2/c1-3-17(21)19-9-4-10-20-14(12-19)11-16(18-20)13-5-7-15(22-2)8-6-13/h5-8,11H,3-4,9-10,12H2,1-2H3. The van der Waals surface area contributed by atoms with Crippen LogP contribution in [0.15, 0.2) is 30.3 Å². The Morgan fingerprint density at radius 1 is 1.27 bits per heavy atom. The molecule has 1 aliphatic heterocycles. The van der Waals surface area contributed by atoms with Gasteiger partial charge < -0.3 is 9.64 Å². The van der Waals surface area contributed by atoms with E-state index in [4.69, 9.17) is 9.84 Å². The number of aromatic nitrogens is 2. The van der Waals surface area contributed by atoms with Gasteiger partial charge in [0.05, 0.1) is 25.0 Å². The molecular weight excluding hydrogens is 278 g/mol. The lowest BCUT2D eigenvalue weighted by atomic mass is 10.1. The molecule has 0 atom stereocenters. The summed E-state index contributed by atoms with van der Waals surface area (Å²) >= 11 is 0. The van der Waals surface area contributed by atoms with Gasteiger partial charge in [0.1, 0.15) is 5.75 Å². The van der Waals surface area contributed by atoms with Crippen LogP contribution in [0.5, 0.6) is 5.75 Å². The maximum atomic E-state index is 12.0. The minimum Gasteiger partial charge on any atom is -0.497 e. The van der Waals surface area contributed by atoms with E-state index in [1.807, 2.05) is 40.8 Å². The molecule has 5 heteroatoms. The molecule has 5 nitrogen and oxygen atoms in total. The molecule has 0 bridgehead atoms. The summed E-state index contributed by atoms with van der Waals surface area (Å²) in [6.07, 6.45) is 1.50. The molecule has 0 spiro atoms. The second-order valence-electron chi connectivity index (χ2n) is 5.49. The van der Waals surface area contributed by atoms with Gasteiger partial charge in [-0.3, -0.25) is 9.48 Å². The number of hydrogen-bond acceptors (Lipinski definition) is 3. The van der Waals surface area contributed by atoms with E-state index in [1.54, 1.807) is 7.11 Å². The van der Waals surface area contributed by atoms with Crippen LogP contribution in [0.1, 0.15) is 25.5 Å². The fourth-order valence-electron chi connectivity index (χ4n) is 2.80. The Hall–Kier alpha value is -2.30. The van der Waals surface area contributed by atoms with Gasteiger partial charge in [0.15, 0.2) is 0 Å². The zero-order chi connectivity index (χ0) is 15.5. The first-order valence-electron chi connectivity index (χ1n) is 7.70. The number of carbonyl (C=O) groups is 1. The molecule has 0 radical (unpaired) electrons. The molecule has 2 heterocycles. The van der Waals surface area contributed by atoms with Crippen molar-refractivity contribution < 1.29 is 9.53 Å². The van der Waals surface area contributed by atoms with E-state index in [9.17, 15) is 4.79 Å². The van der Waals surface area contributed by atoms with Gasteiger partial charge in [0, 0.05) is 25.1 Å². The molecule has 0 unspecified atom stereocenters. The van der Waals surface area contributed by atoms with Gasteiger partial charge in [-0.15, -0.1) is 0 Å². The van der Waals surface area contributed by atoms with E-state index in [2.05, 4.69) is 6.07 Å². The van der Waals surface area contributed by atoms with Crippen LogP contribution in [0.2, 0.25) is 0 Å². The Bertz CT molecular complexity index is 661. The van der Waals surface area contributed by atoms with Gasteiger partial charge in [0.25, 0.3) is 0 Å². The van der Waals surface area contributed by atoms with Gasteiger partial charge in [-0.25, -0.2) is 0 Å². The number of rotatable bonds is 3. The maximum absolute atomic E-state index is 12.0. The van der Waals surface area contributed by atoms with Crippen LogP contribution in [0.4, 0.5) is 0 Å². The van der Waals surface area contributed by atoms with Gasteiger partial charge in [-0.2, -0.15) is 5.10 Å². The summed E-state index contributed by atoms with van der Waals surface area (Å²) < 4.78 is 7.22. The molecule has 2 aromatic rings.